The van der Waals surface area contributed by atoms with Crippen molar-refractivity contribution >= 4 is 44.0 Å². The van der Waals surface area contributed by atoms with Crippen LogP contribution in [0.4, 0.5) is 5.69 Å². The Bertz CT molecular complexity index is 3390. The molecule has 329 valence electrons. The first kappa shape index (κ1) is 45.2. The normalized spacial score (nSPS) is 11.6. The van der Waals surface area contributed by atoms with Gasteiger partial charge in [0, 0.05) is 66.3 Å². The van der Waals surface area contributed by atoms with Gasteiger partial charge >= 0.3 is 19.5 Å². The van der Waals surface area contributed by atoms with Gasteiger partial charge in [0.15, 0.2) is 0 Å². The molecule has 0 unspecified atom stereocenters. The first-order valence-corrected chi connectivity index (χ1v) is 22.6. The summed E-state index contributed by atoms with van der Waals surface area (Å²) in [6.45, 7) is 5.00. The van der Waals surface area contributed by atoms with Gasteiger partial charge < -0.3 is 4.90 Å². The van der Waals surface area contributed by atoms with Gasteiger partial charge in [-0.15, -0.1) is 0 Å². The Morgan fingerprint density at radius 1 is 0.368 bits per heavy atom. The van der Waals surface area contributed by atoms with Crippen LogP contribution in [-0.4, -0.2) is 38.5 Å². The van der Waals surface area contributed by atoms with E-state index in [0.29, 0.717) is 0 Å². The fourth-order valence-corrected chi connectivity index (χ4v) is 8.92. The van der Waals surface area contributed by atoms with Crippen molar-refractivity contribution in [1.82, 2.24) is 24.9 Å². The van der Waals surface area contributed by atoms with E-state index in [9.17, 15) is 0 Å². The van der Waals surface area contributed by atoms with Crippen molar-refractivity contribution in [2.45, 2.75) is 13.8 Å². The number of pyridine rings is 5. The van der Waals surface area contributed by atoms with Crippen LogP contribution in [0.2, 0.25) is 0 Å². The monoisotopic (exact) mass is 966 g/mol. The molecule has 1 radical (unpaired) electrons. The van der Waals surface area contributed by atoms with E-state index >= 15 is 0 Å². The molecule has 5 aromatic heterocycles. The molecule has 0 aliphatic carbocycles. The maximum atomic E-state index is 4.79. The Balaban J connectivity index is 0.000000133. The number of aromatic nitrogens is 5. The molecule has 1 aliphatic heterocycles. The largest absolute Gasteiger partial charge is 1.00 e. The molecule has 6 nitrogen and oxygen atoms in total. The third kappa shape index (κ3) is 9.48. The van der Waals surface area contributed by atoms with Crippen molar-refractivity contribution in [3.63, 3.8) is 0 Å². The number of nitrogens with zero attached hydrogens (tertiary/aromatic N) is 6. The number of hydrogen-bond acceptors (Lipinski definition) is 6. The molecule has 0 fully saturated rings. The van der Waals surface area contributed by atoms with Crippen molar-refractivity contribution in [1.29, 1.82) is 0 Å². The Morgan fingerprint density at radius 2 is 0.735 bits per heavy atom. The van der Waals surface area contributed by atoms with E-state index in [4.69, 9.17) is 4.98 Å². The minimum atomic E-state index is 0. The van der Waals surface area contributed by atoms with Crippen LogP contribution >= 0.6 is 0 Å². The number of anilines is 1. The summed E-state index contributed by atoms with van der Waals surface area (Å²) in [5.74, 6) is 0. The fraction of sp³-hybridized carbons (Fsp3) is 0.0656. The van der Waals surface area contributed by atoms with Crippen molar-refractivity contribution < 1.29 is 19.5 Å². The minimum Gasteiger partial charge on any atom is -0.369 e. The average Bonchev–Trinajstić information content (AvgIpc) is 3.39. The smallest absolute Gasteiger partial charge is 0.369 e. The molecule has 0 bridgehead atoms. The Morgan fingerprint density at radius 3 is 1.16 bits per heavy atom. The molecule has 11 aromatic rings. The van der Waals surface area contributed by atoms with Gasteiger partial charge in [-0.05, 0) is 112 Å². The molecule has 0 spiro atoms. The van der Waals surface area contributed by atoms with Crippen molar-refractivity contribution in [3.8, 4) is 44.8 Å². The Labute approximate surface area is 410 Å². The number of likely N-dealkylation sites (N-methyl/N-ethyl adjacent to an activating group) is 1. The molecule has 0 atom stereocenters. The van der Waals surface area contributed by atoms with E-state index < -0.39 is 0 Å². The van der Waals surface area contributed by atoms with Gasteiger partial charge in [-0.2, -0.15) is 0 Å². The predicted octanol–water partition coefficient (Wildman–Crippen LogP) is 14.7. The zero-order valence-electron chi connectivity index (χ0n) is 38.1. The summed E-state index contributed by atoms with van der Waals surface area (Å²) in [6, 6.07) is 65.1. The van der Waals surface area contributed by atoms with E-state index in [1.54, 1.807) is 0 Å². The van der Waals surface area contributed by atoms with Gasteiger partial charge in [-0.3, -0.25) is 24.9 Å². The van der Waals surface area contributed by atoms with Gasteiger partial charge in [0.25, 0.3) is 0 Å². The maximum absolute atomic E-state index is 4.79. The van der Waals surface area contributed by atoms with Crippen molar-refractivity contribution in [2.24, 2.45) is 0 Å². The Hall–Kier alpha value is -7.99. The molecule has 1 aliphatic rings. The number of aryl methyl sites for hydroxylation is 2. The molecule has 12 rings (SSSR count). The van der Waals surface area contributed by atoms with Gasteiger partial charge in [0.2, 0.25) is 0 Å². The molecule has 0 N–H and O–H groups in total. The van der Waals surface area contributed by atoms with Crippen molar-refractivity contribution in [2.75, 3.05) is 18.5 Å². The molecular weight excluding hydrogens is 918 g/mol. The zero-order valence-corrected chi connectivity index (χ0v) is 39.8. The van der Waals surface area contributed by atoms with Crippen LogP contribution in [0, 0.1) is 13.8 Å². The fourth-order valence-electron chi connectivity index (χ4n) is 8.92. The van der Waals surface area contributed by atoms with Gasteiger partial charge in [0.05, 0.1) is 33.6 Å². The average molecular weight is 966 g/mol. The first-order valence-electron chi connectivity index (χ1n) is 22.6. The first-order chi connectivity index (χ1) is 33.0. The summed E-state index contributed by atoms with van der Waals surface area (Å²) >= 11 is 0. The molecule has 0 saturated carbocycles. The number of hydrogen-bond donors (Lipinski definition) is 0. The van der Waals surface area contributed by atoms with Gasteiger partial charge in [-0.1, -0.05) is 152 Å². The standard InChI is InChI=1S/C25H20N2.C24H16N2.C12H12N2.Ru/c1-27-17-15-21(19-10-6-3-7-11-19)23-13-12-22-20(18-8-4-2-5-9-18)14-16-26-24(22)25(23)27;1-3-7-17(8-4-1)19-13-15-25-23-21(19)11-12-22-20(14-16-26-24(22)23)18-9-5-2-6-10-18;1-9-3-5-13-11(7-9)12-8-10(2)4-6-14-12;/h2-16H,17H2,1H3;1-16H;3-8H,1-2H3;/q;;;+1. The van der Waals surface area contributed by atoms with Crippen LogP contribution in [0.1, 0.15) is 22.3 Å². The van der Waals surface area contributed by atoms with Crippen LogP contribution < -0.4 is 4.90 Å². The van der Waals surface area contributed by atoms with Crippen LogP contribution in [0.25, 0.3) is 83.1 Å². The van der Waals surface area contributed by atoms with Crippen molar-refractivity contribution in [3.05, 3.63) is 247 Å². The summed E-state index contributed by atoms with van der Waals surface area (Å²) < 4.78 is 0. The second-order valence-electron chi connectivity index (χ2n) is 16.7. The number of benzene rings is 6. The van der Waals surface area contributed by atoms with E-state index in [0.717, 1.165) is 45.3 Å². The second-order valence-corrected chi connectivity index (χ2v) is 16.7. The SMILES string of the molecule is CN1CC=C(c2ccccc2)c2ccc3c(-c4ccccc4)ccnc3c21.Cc1ccnc(-c2cc(C)ccn2)c1.[Ru+].c1ccc(-c2ccnc3c2ccc2c(-c4ccccc4)ccnc23)cc1. The summed E-state index contributed by atoms with van der Waals surface area (Å²) in [4.78, 5) is 25.0. The Kier molecular flexibility index (Phi) is 13.7. The quantitative estimate of drug-likeness (QED) is 0.126. The second kappa shape index (κ2) is 20.7. The molecule has 0 saturated heterocycles. The van der Waals surface area contributed by atoms with Gasteiger partial charge in [-0.25, -0.2) is 0 Å². The van der Waals surface area contributed by atoms with E-state index in [1.807, 2.05) is 67.4 Å². The van der Waals surface area contributed by atoms with Crippen LogP contribution in [0.5, 0.6) is 0 Å². The summed E-state index contributed by atoms with van der Waals surface area (Å²) in [6.07, 6.45) is 11.6. The number of rotatable bonds is 5. The van der Waals surface area contributed by atoms with Crippen LogP contribution in [0.15, 0.2) is 225 Å². The summed E-state index contributed by atoms with van der Waals surface area (Å²) in [7, 11) is 2.15. The molecule has 0 amide bonds. The predicted molar refractivity (Wildman–Crippen MR) is 279 cm³/mol. The summed E-state index contributed by atoms with van der Waals surface area (Å²) in [5.41, 5.74) is 19.5. The number of fused-ring (bicyclic) bond motifs is 6. The van der Waals surface area contributed by atoms with Crippen LogP contribution in [0.3, 0.4) is 0 Å². The van der Waals surface area contributed by atoms with Crippen LogP contribution in [-0.2, 0) is 19.5 Å². The van der Waals surface area contributed by atoms with E-state index in [1.165, 1.54) is 72.3 Å². The van der Waals surface area contributed by atoms with Gasteiger partial charge in [0.1, 0.15) is 0 Å². The molecule has 7 heteroatoms. The molecular formula is C61H48N6Ru+. The molecule has 6 aromatic carbocycles. The third-order valence-electron chi connectivity index (χ3n) is 12.2. The summed E-state index contributed by atoms with van der Waals surface area (Å²) in [5, 5.41) is 3.46. The molecule has 6 heterocycles. The third-order valence-corrected chi connectivity index (χ3v) is 12.2. The van der Waals surface area contributed by atoms with E-state index in [2.05, 4.69) is 203 Å². The molecule has 68 heavy (non-hydrogen) atoms. The topological polar surface area (TPSA) is 67.7 Å². The zero-order chi connectivity index (χ0) is 45.5. The van der Waals surface area contributed by atoms with E-state index in [-0.39, 0.29) is 19.5 Å². The maximum Gasteiger partial charge on any atom is 1.00 e. The minimum absolute atomic E-state index is 0.